The van der Waals surface area contributed by atoms with E-state index >= 15 is 0 Å². The highest BCUT2D eigenvalue weighted by Gasteiger charge is 2.39. The number of nitrogens with one attached hydrogen (secondary N) is 1. The van der Waals surface area contributed by atoms with Crippen LogP contribution in [0.3, 0.4) is 0 Å². The molecule has 1 N–H and O–H groups in total. The molecule has 2 atom stereocenters. The van der Waals surface area contributed by atoms with Gasteiger partial charge in [0, 0.05) is 58.0 Å². The fraction of sp³-hybridized carbons (Fsp3) is 1.00. The third-order valence-electron chi connectivity index (χ3n) is 4.84. The predicted molar refractivity (Wildman–Crippen MR) is 68.2 cm³/mol. The minimum atomic E-state index is 0.655. The monoisotopic (exact) mass is 239 g/mol. The summed E-state index contributed by atoms with van der Waals surface area (Å²) in [6, 6.07) is 1.38. The van der Waals surface area contributed by atoms with E-state index in [9.17, 15) is 0 Å². The molecule has 0 spiro atoms. The summed E-state index contributed by atoms with van der Waals surface area (Å²) < 4.78 is 5.49. The number of likely N-dealkylation sites (N-methyl/N-ethyl adjacent to an activating group) is 1. The van der Waals surface area contributed by atoms with Crippen molar-refractivity contribution in [1.82, 2.24) is 15.1 Å². The lowest BCUT2D eigenvalue weighted by molar-refractivity contribution is -0.0272. The molecule has 0 aromatic carbocycles. The number of piperazine rings is 3. The molecule has 2 unspecified atom stereocenters. The highest BCUT2D eigenvalue weighted by molar-refractivity contribution is 4.97. The van der Waals surface area contributed by atoms with Gasteiger partial charge in [0.1, 0.15) is 0 Å². The van der Waals surface area contributed by atoms with Gasteiger partial charge in [-0.25, -0.2) is 0 Å². The van der Waals surface area contributed by atoms with Crippen LogP contribution in [0.25, 0.3) is 0 Å². The summed E-state index contributed by atoms with van der Waals surface area (Å²) in [4.78, 5) is 5.34. The highest BCUT2D eigenvalue weighted by Crippen LogP contribution is 2.27. The predicted octanol–water partition coefficient (Wildman–Crippen LogP) is 0.000800. The molecule has 4 heteroatoms. The topological polar surface area (TPSA) is 27.7 Å². The third-order valence-corrected chi connectivity index (χ3v) is 4.84. The second-order valence-corrected chi connectivity index (χ2v) is 5.67. The zero-order valence-electron chi connectivity index (χ0n) is 10.9. The van der Waals surface area contributed by atoms with Crippen molar-refractivity contribution >= 4 is 0 Å². The van der Waals surface area contributed by atoms with Gasteiger partial charge in [-0.05, 0) is 25.8 Å². The van der Waals surface area contributed by atoms with Crippen LogP contribution in [0.15, 0.2) is 0 Å². The number of hydrogen-bond acceptors (Lipinski definition) is 4. The number of fused-ring (bicyclic) bond motifs is 3. The molecular weight excluding hydrogens is 214 g/mol. The van der Waals surface area contributed by atoms with Crippen molar-refractivity contribution in [3.8, 4) is 0 Å². The smallest absolute Gasteiger partial charge is 0.0469 e. The molecule has 0 aromatic heterocycles. The Morgan fingerprint density at radius 2 is 1.82 bits per heavy atom. The summed E-state index contributed by atoms with van der Waals surface area (Å²) in [5.41, 5.74) is 0. The second-order valence-electron chi connectivity index (χ2n) is 5.67. The highest BCUT2D eigenvalue weighted by atomic mass is 16.5. The Bertz CT molecular complexity index is 247. The molecule has 4 rings (SSSR count). The molecule has 4 heterocycles. The molecule has 0 aliphatic carbocycles. The maximum Gasteiger partial charge on any atom is 0.0469 e. The summed E-state index contributed by atoms with van der Waals surface area (Å²) in [5, 5.41) is 3.60. The number of hydrogen-bond donors (Lipinski definition) is 1. The fourth-order valence-electron chi connectivity index (χ4n) is 3.82. The Balaban J connectivity index is 1.67. The fourth-order valence-corrected chi connectivity index (χ4v) is 3.82. The summed E-state index contributed by atoms with van der Waals surface area (Å²) in [7, 11) is 2.14. The lowest BCUT2D eigenvalue weighted by Crippen LogP contribution is -2.67. The van der Waals surface area contributed by atoms with Gasteiger partial charge in [-0.2, -0.15) is 0 Å². The van der Waals surface area contributed by atoms with E-state index in [2.05, 4.69) is 22.2 Å². The van der Waals surface area contributed by atoms with Crippen LogP contribution in [0.5, 0.6) is 0 Å². The molecule has 4 aliphatic heterocycles. The standard InChI is InChI=1S/C13H25N3O/c1-14-13(11-2-8-17-9-3-11)12-10-15-4-6-16(12)7-5-15/h11-14H,2-10H2,1H3. The largest absolute Gasteiger partial charge is 0.381 e. The zero-order valence-corrected chi connectivity index (χ0v) is 10.9. The molecule has 17 heavy (non-hydrogen) atoms. The lowest BCUT2D eigenvalue weighted by Gasteiger charge is -2.51. The van der Waals surface area contributed by atoms with Crippen molar-refractivity contribution < 1.29 is 4.74 Å². The number of nitrogens with zero attached hydrogens (tertiary/aromatic N) is 2. The molecule has 4 aliphatic rings. The van der Waals surface area contributed by atoms with E-state index < -0.39 is 0 Å². The maximum absolute atomic E-state index is 5.49. The molecule has 0 radical (unpaired) electrons. The Kier molecular flexibility index (Phi) is 3.66. The number of ether oxygens (including phenoxy) is 1. The van der Waals surface area contributed by atoms with Gasteiger partial charge >= 0.3 is 0 Å². The quantitative estimate of drug-likeness (QED) is 0.750. The average molecular weight is 239 g/mol. The van der Waals surface area contributed by atoms with Crippen LogP contribution in [0.4, 0.5) is 0 Å². The summed E-state index contributed by atoms with van der Waals surface area (Å²) in [6.07, 6.45) is 2.46. The second kappa shape index (κ2) is 5.22. The van der Waals surface area contributed by atoms with E-state index in [1.807, 2.05) is 0 Å². The first-order chi connectivity index (χ1) is 8.38. The summed E-state index contributed by atoms with van der Waals surface area (Å²) >= 11 is 0. The van der Waals surface area contributed by atoms with Crippen molar-refractivity contribution in [2.75, 3.05) is 53.0 Å². The first-order valence-corrected chi connectivity index (χ1v) is 7.10. The third kappa shape index (κ3) is 2.36. The van der Waals surface area contributed by atoms with Crippen LogP contribution in [0.2, 0.25) is 0 Å². The Morgan fingerprint density at radius 3 is 2.35 bits per heavy atom. The van der Waals surface area contributed by atoms with E-state index in [0.29, 0.717) is 6.04 Å². The van der Waals surface area contributed by atoms with Gasteiger partial charge in [0.05, 0.1) is 0 Å². The van der Waals surface area contributed by atoms with Gasteiger partial charge in [0.15, 0.2) is 0 Å². The van der Waals surface area contributed by atoms with Crippen LogP contribution in [-0.4, -0.2) is 74.9 Å². The van der Waals surface area contributed by atoms with Crippen LogP contribution in [0.1, 0.15) is 12.8 Å². The summed E-state index contributed by atoms with van der Waals surface area (Å²) in [5.74, 6) is 0.805. The minimum absolute atomic E-state index is 0.655. The van der Waals surface area contributed by atoms with Gasteiger partial charge in [-0.3, -0.25) is 9.80 Å². The van der Waals surface area contributed by atoms with E-state index in [1.165, 1.54) is 45.6 Å². The van der Waals surface area contributed by atoms with Crippen LogP contribution >= 0.6 is 0 Å². The van der Waals surface area contributed by atoms with E-state index in [0.717, 1.165) is 25.2 Å². The van der Waals surface area contributed by atoms with Crippen molar-refractivity contribution in [2.45, 2.75) is 24.9 Å². The SMILES string of the molecule is CNC(C1CCOCC1)C1CN2CCN1CC2. The van der Waals surface area contributed by atoms with E-state index in [-0.39, 0.29) is 0 Å². The van der Waals surface area contributed by atoms with Crippen molar-refractivity contribution in [1.29, 1.82) is 0 Å². The van der Waals surface area contributed by atoms with Crippen LogP contribution < -0.4 is 5.32 Å². The van der Waals surface area contributed by atoms with Crippen molar-refractivity contribution in [3.05, 3.63) is 0 Å². The molecular formula is C13H25N3O. The van der Waals surface area contributed by atoms with E-state index in [1.54, 1.807) is 0 Å². The Morgan fingerprint density at radius 1 is 1.12 bits per heavy atom. The average Bonchev–Trinajstić information content (AvgIpc) is 2.42. The summed E-state index contributed by atoms with van der Waals surface area (Å²) in [6.45, 7) is 8.28. The van der Waals surface area contributed by atoms with Gasteiger partial charge in [-0.1, -0.05) is 0 Å². The Hall–Kier alpha value is -0.160. The molecule has 4 fully saturated rings. The van der Waals surface area contributed by atoms with Gasteiger partial charge in [-0.15, -0.1) is 0 Å². The van der Waals surface area contributed by atoms with E-state index in [4.69, 9.17) is 4.74 Å². The molecule has 4 nitrogen and oxygen atoms in total. The lowest BCUT2D eigenvalue weighted by atomic mass is 9.84. The van der Waals surface area contributed by atoms with Gasteiger partial charge < -0.3 is 10.1 Å². The first-order valence-electron chi connectivity index (χ1n) is 7.10. The maximum atomic E-state index is 5.49. The molecule has 0 saturated carbocycles. The number of rotatable bonds is 3. The van der Waals surface area contributed by atoms with Crippen LogP contribution in [0, 0.1) is 5.92 Å². The van der Waals surface area contributed by atoms with Crippen LogP contribution in [-0.2, 0) is 4.74 Å². The molecule has 4 saturated heterocycles. The minimum Gasteiger partial charge on any atom is -0.381 e. The van der Waals surface area contributed by atoms with Crippen molar-refractivity contribution in [2.24, 2.45) is 5.92 Å². The molecule has 0 amide bonds. The normalized spacial score (nSPS) is 40.4. The van der Waals surface area contributed by atoms with Gasteiger partial charge in [0.25, 0.3) is 0 Å². The zero-order chi connectivity index (χ0) is 11.7. The Labute approximate surface area is 104 Å². The van der Waals surface area contributed by atoms with Gasteiger partial charge in [0.2, 0.25) is 0 Å². The molecule has 0 aromatic rings. The first kappa shape index (κ1) is 11.9. The molecule has 2 bridgehead atoms. The van der Waals surface area contributed by atoms with Crippen molar-refractivity contribution in [3.63, 3.8) is 0 Å². The molecule has 98 valence electrons.